The lowest BCUT2D eigenvalue weighted by atomic mass is 10.1. The fraction of sp³-hybridized carbons (Fsp3) is 0.800. The second kappa shape index (κ2) is 2.97. The first-order chi connectivity index (χ1) is 6.53. The summed E-state index contributed by atoms with van der Waals surface area (Å²) in [6.45, 7) is 4.69. The highest BCUT2D eigenvalue weighted by atomic mass is 16.4. The number of nitrogens with zero attached hydrogens (tertiary/aromatic N) is 1. The molecule has 2 aliphatic rings. The zero-order chi connectivity index (χ0) is 10.3. The van der Waals surface area contributed by atoms with Gasteiger partial charge in [-0.05, 0) is 24.2 Å². The van der Waals surface area contributed by atoms with Crippen molar-refractivity contribution < 1.29 is 9.90 Å². The molecular weight excluding hydrogens is 180 g/mol. The molecule has 2 fully saturated rings. The zero-order valence-corrected chi connectivity index (χ0v) is 8.58. The van der Waals surface area contributed by atoms with Crippen molar-refractivity contribution in [2.24, 2.45) is 22.4 Å². The molecule has 2 rings (SSSR count). The van der Waals surface area contributed by atoms with Crippen molar-refractivity contribution in [2.45, 2.75) is 26.7 Å². The van der Waals surface area contributed by atoms with Gasteiger partial charge in [-0.2, -0.15) is 5.10 Å². The van der Waals surface area contributed by atoms with Crippen molar-refractivity contribution in [3.8, 4) is 0 Å². The van der Waals surface area contributed by atoms with Crippen molar-refractivity contribution >= 4 is 11.7 Å². The van der Waals surface area contributed by atoms with Gasteiger partial charge in [0, 0.05) is 12.3 Å². The van der Waals surface area contributed by atoms with E-state index < -0.39 is 5.97 Å². The minimum absolute atomic E-state index is 0.0669. The Bertz CT molecular complexity index is 290. The lowest BCUT2D eigenvalue weighted by Gasteiger charge is -2.00. The maximum absolute atomic E-state index is 10.8. The van der Waals surface area contributed by atoms with Crippen molar-refractivity contribution in [1.82, 2.24) is 5.43 Å². The molecule has 0 spiro atoms. The predicted octanol–water partition coefficient (Wildman–Crippen LogP) is 1.08. The standard InChI is InChI=1S/C10H16N2O2/c1-10(2)7(8(10)9(13)14)5-11-12-6-3-4-6/h7-8,11H,3-5H2,1-2H3,(H,13,14). The SMILES string of the molecule is CC1(C)C(CNN=C2CC2)C1C(=O)O. The van der Waals surface area contributed by atoms with Crippen LogP contribution in [0.4, 0.5) is 0 Å². The van der Waals surface area contributed by atoms with Crippen LogP contribution in [-0.4, -0.2) is 23.3 Å². The average Bonchev–Trinajstić information content (AvgIpc) is 2.91. The third-order valence-electron chi connectivity index (χ3n) is 3.34. The summed E-state index contributed by atoms with van der Waals surface area (Å²) >= 11 is 0. The fourth-order valence-corrected chi connectivity index (χ4v) is 2.04. The Balaban J connectivity index is 1.81. The highest BCUT2D eigenvalue weighted by Crippen LogP contribution is 2.57. The number of aliphatic carboxylic acids is 1. The quantitative estimate of drug-likeness (QED) is 0.661. The second-order valence-corrected chi connectivity index (χ2v) is 4.78. The first kappa shape index (κ1) is 9.49. The number of nitrogens with one attached hydrogen (secondary N) is 1. The topological polar surface area (TPSA) is 61.7 Å². The highest BCUT2D eigenvalue weighted by molar-refractivity contribution is 5.97. The van der Waals surface area contributed by atoms with Crippen LogP contribution in [-0.2, 0) is 4.79 Å². The van der Waals surface area contributed by atoms with Gasteiger partial charge in [0.2, 0.25) is 0 Å². The molecule has 0 saturated heterocycles. The van der Waals surface area contributed by atoms with E-state index >= 15 is 0 Å². The Kier molecular flexibility index (Phi) is 2.01. The molecule has 2 N–H and O–H groups in total. The summed E-state index contributed by atoms with van der Waals surface area (Å²) in [5.41, 5.74) is 4.11. The first-order valence-electron chi connectivity index (χ1n) is 5.04. The van der Waals surface area contributed by atoms with Crippen LogP contribution in [0.3, 0.4) is 0 Å². The van der Waals surface area contributed by atoms with Crippen molar-refractivity contribution in [3.05, 3.63) is 0 Å². The molecule has 2 atom stereocenters. The van der Waals surface area contributed by atoms with E-state index in [2.05, 4.69) is 10.5 Å². The number of rotatable bonds is 4. The predicted molar refractivity (Wildman–Crippen MR) is 53.1 cm³/mol. The number of carboxylic acid groups (broad SMARTS) is 1. The Morgan fingerprint density at radius 3 is 2.71 bits per heavy atom. The van der Waals surface area contributed by atoms with Crippen molar-refractivity contribution in [3.63, 3.8) is 0 Å². The van der Waals surface area contributed by atoms with Gasteiger partial charge in [0.25, 0.3) is 0 Å². The van der Waals surface area contributed by atoms with E-state index in [-0.39, 0.29) is 17.3 Å². The number of hydrogen-bond donors (Lipinski definition) is 2. The fourth-order valence-electron chi connectivity index (χ4n) is 2.04. The maximum Gasteiger partial charge on any atom is 0.307 e. The van der Waals surface area contributed by atoms with Gasteiger partial charge in [-0.3, -0.25) is 4.79 Å². The van der Waals surface area contributed by atoms with E-state index in [1.807, 2.05) is 13.8 Å². The molecule has 14 heavy (non-hydrogen) atoms. The van der Waals surface area contributed by atoms with Crippen LogP contribution < -0.4 is 5.43 Å². The van der Waals surface area contributed by atoms with Crippen molar-refractivity contribution in [2.75, 3.05) is 6.54 Å². The minimum atomic E-state index is -0.680. The van der Waals surface area contributed by atoms with E-state index in [0.29, 0.717) is 6.54 Å². The summed E-state index contributed by atoms with van der Waals surface area (Å²) in [5, 5.41) is 13.1. The Morgan fingerprint density at radius 2 is 2.29 bits per heavy atom. The monoisotopic (exact) mass is 196 g/mol. The van der Waals surface area contributed by atoms with Crippen LogP contribution >= 0.6 is 0 Å². The molecular formula is C10H16N2O2. The van der Waals surface area contributed by atoms with Crippen molar-refractivity contribution in [1.29, 1.82) is 0 Å². The smallest absolute Gasteiger partial charge is 0.307 e. The zero-order valence-electron chi connectivity index (χ0n) is 8.58. The van der Waals surface area contributed by atoms with Gasteiger partial charge in [0.15, 0.2) is 0 Å². The number of hydrazone groups is 1. The largest absolute Gasteiger partial charge is 0.481 e. The third kappa shape index (κ3) is 1.61. The Hall–Kier alpha value is -1.06. The molecule has 2 aliphatic carbocycles. The molecule has 0 aliphatic heterocycles. The van der Waals surface area contributed by atoms with Crippen LogP contribution in [0.5, 0.6) is 0 Å². The normalized spacial score (nSPS) is 32.3. The van der Waals surface area contributed by atoms with Crippen LogP contribution in [0.15, 0.2) is 5.10 Å². The molecule has 4 nitrogen and oxygen atoms in total. The van der Waals surface area contributed by atoms with E-state index in [1.165, 1.54) is 5.71 Å². The summed E-state index contributed by atoms with van der Waals surface area (Å²) in [6, 6.07) is 0. The lowest BCUT2D eigenvalue weighted by Crippen LogP contribution is -2.13. The van der Waals surface area contributed by atoms with E-state index in [9.17, 15) is 4.79 Å². The van der Waals surface area contributed by atoms with Crippen LogP contribution in [0.1, 0.15) is 26.7 Å². The van der Waals surface area contributed by atoms with Gasteiger partial charge in [0.05, 0.1) is 5.92 Å². The molecule has 0 aromatic carbocycles. The molecule has 0 bridgehead atoms. The van der Waals surface area contributed by atoms with Crippen LogP contribution in [0, 0.1) is 17.3 Å². The highest BCUT2D eigenvalue weighted by Gasteiger charge is 2.61. The number of hydrogen-bond acceptors (Lipinski definition) is 3. The maximum atomic E-state index is 10.8. The lowest BCUT2D eigenvalue weighted by molar-refractivity contribution is -0.139. The van der Waals surface area contributed by atoms with Gasteiger partial charge in [-0.1, -0.05) is 13.8 Å². The van der Waals surface area contributed by atoms with E-state index in [1.54, 1.807) is 0 Å². The third-order valence-corrected chi connectivity index (χ3v) is 3.34. The van der Waals surface area contributed by atoms with Crippen LogP contribution in [0.2, 0.25) is 0 Å². The summed E-state index contributed by atoms with van der Waals surface area (Å²) in [6.07, 6.45) is 2.20. The summed E-state index contributed by atoms with van der Waals surface area (Å²) in [7, 11) is 0. The molecule has 0 radical (unpaired) electrons. The van der Waals surface area contributed by atoms with Gasteiger partial charge in [-0.25, -0.2) is 0 Å². The second-order valence-electron chi connectivity index (χ2n) is 4.78. The molecule has 2 saturated carbocycles. The van der Waals surface area contributed by atoms with Gasteiger partial charge in [0.1, 0.15) is 0 Å². The average molecular weight is 196 g/mol. The summed E-state index contributed by atoms with van der Waals surface area (Å²) in [5.74, 6) is -0.654. The number of carboxylic acids is 1. The van der Waals surface area contributed by atoms with Gasteiger partial charge >= 0.3 is 5.97 Å². The van der Waals surface area contributed by atoms with Gasteiger partial charge < -0.3 is 10.5 Å². The molecule has 78 valence electrons. The Labute approximate surface area is 83.4 Å². The van der Waals surface area contributed by atoms with E-state index in [4.69, 9.17) is 5.11 Å². The molecule has 0 heterocycles. The summed E-state index contributed by atoms with van der Waals surface area (Å²) in [4.78, 5) is 10.8. The molecule has 0 aromatic heterocycles. The summed E-state index contributed by atoms with van der Waals surface area (Å²) < 4.78 is 0. The van der Waals surface area contributed by atoms with E-state index in [0.717, 1.165) is 12.8 Å². The Morgan fingerprint density at radius 1 is 1.64 bits per heavy atom. The molecule has 0 aromatic rings. The number of carbonyl (C=O) groups is 1. The first-order valence-corrected chi connectivity index (χ1v) is 5.04. The minimum Gasteiger partial charge on any atom is -0.481 e. The van der Waals surface area contributed by atoms with Crippen LogP contribution in [0.25, 0.3) is 0 Å². The van der Waals surface area contributed by atoms with Gasteiger partial charge in [-0.15, -0.1) is 0 Å². The molecule has 2 unspecified atom stereocenters. The molecule has 0 amide bonds. The molecule has 4 heteroatoms.